The Bertz CT molecular complexity index is 3510. The minimum atomic E-state index is -0.133. The lowest BCUT2D eigenvalue weighted by atomic mass is 9.82. The number of nitrogens with zero attached hydrogens (tertiary/aromatic N) is 3. The van der Waals surface area contributed by atoms with Gasteiger partial charge in [-0.1, -0.05) is 178 Å². The summed E-state index contributed by atoms with van der Waals surface area (Å²) >= 11 is 0. The zero-order valence-corrected chi connectivity index (χ0v) is 33.1. The molecule has 4 heteroatoms. The van der Waals surface area contributed by atoms with E-state index in [0.717, 1.165) is 55.3 Å². The summed E-state index contributed by atoms with van der Waals surface area (Å²) in [5.41, 5.74) is 14.1. The molecule has 0 saturated carbocycles. The van der Waals surface area contributed by atoms with Gasteiger partial charge in [-0.2, -0.15) is 0 Å². The molecule has 4 nitrogen and oxygen atoms in total. The first-order valence-corrected chi connectivity index (χ1v) is 20.5. The second kappa shape index (κ2) is 13.2. The maximum atomic E-state index is 6.51. The highest BCUT2D eigenvalue weighted by Crippen LogP contribution is 2.52. The molecular formula is C56H37N3O. The molecule has 9 aromatic carbocycles. The summed E-state index contributed by atoms with van der Waals surface area (Å²) in [6.45, 7) is 4.60. The number of hydrogen-bond donors (Lipinski definition) is 0. The van der Waals surface area contributed by atoms with Gasteiger partial charge in [0.05, 0.1) is 0 Å². The Balaban J connectivity index is 0.984. The van der Waals surface area contributed by atoms with E-state index in [0.29, 0.717) is 17.5 Å². The molecule has 0 N–H and O–H groups in total. The summed E-state index contributed by atoms with van der Waals surface area (Å²) in [6, 6.07) is 66.6. The van der Waals surface area contributed by atoms with Crippen molar-refractivity contribution < 1.29 is 4.42 Å². The topological polar surface area (TPSA) is 51.8 Å². The van der Waals surface area contributed by atoms with E-state index in [2.05, 4.69) is 184 Å². The van der Waals surface area contributed by atoms with Gasteiger partial charge < -0.3 is 4.42 Å². The van der Waals surface area contributed by atoms with Crippen molar-refractivity contribution in [1.82, 2.24) is 15.0 Å². The Hall–Kier alpha value is -7.69. The van der Waals surface area contributed by atoms with Crippen LogP contribution in [-0.2, 0) is 5.41 Å². The van der Waals surface area contributed by atoms with Crippen LogP contribution in [0, 0.1) is 0 Å². The number of furan rings is 1. The molecule has 12 rings (SSSR count). The largest absolute Gasteiger partial charge is 0.456 e. The quantitative estimate of drug-likeness (QED) is 0.164. The third-order valence-electron chi connectivity index (χ3n) is 12.5. The fourth-order valence-corrected chi connectivity index (χ4v) is 9.61. The van der Waals surface area contributed by atoms with Gasteiger partial charge in [0, 0.05) is 32.9 Å². The van der Waals surface area contributed by atoms with E-state index in [9.17, 15) is 0 Å². The molecule has 11 aromatic rings. The first-order chi connectivity index (χ1) is 29.5. The molecule has 0 unspecified atom stereocenters. The van der Waals surface area contributed by atoms with Gasteiger partial charge in [-0.25, -0.2) is 15.0 Å². The van der Waals surface area contributed by atoms with E-state index < -0.39 is 0 Å². The Morgan fingerprint density at radius 1 is 0.367 bits per heavy atom. The molecule has 0 bridgehead atoms. The molecule has 1 aliphatic rings. The summed E-state index contributed by atoms with van der Waals surface area (Å²) in [6.07, 6.45) is 0. The van der Waals surface area contributed by atoms with E-state index in [1.165, 1.54) is 49.4 Å². The molecular weight excluding hydrogens is 731 g/mol. The van der Waals surface area contributed by atoms with Crippen LogP contribution in [0.3, 0.4) is 0 Å². The summed E-state index contributed by atoms with van der Waals surface area (Å²) in [5, 5.41) is 7.18. The van der Waals surface area contributed by atoms with Gasteiger partial charge in [0.25, 0.3) is 0 Å². The van der Waals surface area contributed by atoms with Crippen LogP contribution in [0.25, 0.3) is 111 Å². The van der Waals surface area contributed by atoms with Crippen LogP contribution in [0.15, 0.2) is 192 Å². The van der Waals surface area contributed by atoms with Gasteiger partial charge in [0.2, 0.25) is 0 Å². The first-order valence-electron chi connectivity index (χ1n) is 20.5. The Kier molecular flexibility index (Phi) is 7.54. The van der Waals surface area contributed by atoms with E-state index in [-0.39, 0.29) is 5.41 Å². The van der Waals surface area contributed by atoms with E-state index in [1.54, 1.807) is 0 Å². The van der Waals surface area contributed by atoms with Crippen LogP contribution in [0.4, 0.5) is 0 Å². The zero-order chi connectivity index (χ0) is 40.0. The Morgan fingerprint density at radius 2 is 0.967 bits per heavy atom. The molecule has 0 aliphatic heterocycles. The Morgan fingerprint density at radius 3 is 1.80 bits per heavy atom. The van der Waals surface area contributed by atoms with Crippen molar-refractivity contribution >= 4 is 43.5 Å². The number of hydrogen-bond acceptors (Lipinski definition) is 4. The summed E-state index contributed by atoms with van der Waals surface area (Å²) < 4.78 is 6.51. The number of benzene rings is 9. The standard InChI is InChI=1S/C56H37N3O/c1-56(2)47-23-11-10-20-43(47)51-44(22-12-24-48(51)56)55-58-53(35-14-4-3-5-15-35)57-54(59-55)36-28-26-34(27-29-36)40-21-13-25-50-52(40)46-33-38(30-31-49(46)60-50)45-32-37-16-6-7-17-39(37)41-18-8-9-19-42(41)45/h3-33H,1-2H3. The summed E-state index contributed by atoms with van der Waals surface area (Å²) in [5.74, 6) is 1.94. The van der Waals surface area contributed by atoms with Crippen molar-refractivity contribution in [2.24, 2.45) is 0 Å². The van der Waals surface area contributed by atoms with Gasteiger partial charge in [-0.15, -0.1) is 0 Å². The van der Waals surface area contributed by atoms with Gasteiger partial charge in [-0.05, 0) is 90.3 Å². The summed E-state index contributed by atoms with van der Waals surface area (Å²) in [7, 11) is 0. The van der Waals surface area contributed by atoms with Crippen LogP contribution >= 0.6 is 0 Å². The maximum Gasteiger partial charge on any atom is 0.164 e. The minimum Gasteiger partial charge on any atom is -0.456 e. The van der Waals surface area contributed by atoms with Crippen molar-refractivity contribution in [2.75, 3.05) is 0 Å². The fraction of sp³-hybridized carbons (Fsp3) is 0.0536. The smallest absolute Gasteiger partial charge is 0.164 e. The van der Waals surface area contributed by atoms with Crippen LogP contribution in [0.2, 0.25) is 0 Å². The third-order valence-corrected chi connectivity index (χ3v) is 12.5. The average molecular weight is 768 g/mol. The monoisotopic (exact) mass is 767 g/mol. The number of fused-ring (bicyclic) bond motifs is 9. The van der Waals surface area contributed by atoms with Crippen molar-refractivity contribution in [2.45, 2.75) is 19.3 Å². The molecule has 282 valence electrons. The fourth-order valence-electron chi connectivity index (χ4n) is 9.61. The molecule has 0 saturated heterocycles. The lowest BCUT2D eigenvalue weighted by Crippen LogP contribution is -2.14. The first kappa shape index (κ1) is 34.4. The molecule has 0 spiro atoms. The van der Waals surface area contributed by atoms with Gasteiger partial charge in [0.15, 0.2) is 17.5 Å². The van der Waals surface area contributed by atoms with Crippen LogP contribution in [0.5, 0.6) is 0 Å². The van der Waals surface area contributed by atoms with E-state index >= 15 is 0 Å². The zero-order valence-electron chi connectivity index (χ0n) is 33.1. The number of rotatable bonds is 5. The normalized spacial score (nSPS) is 13.0. The van der Waals surface area contributed by atoms with E-state index in [4.69, 9.17) is 19.4 Å². The van der Waals surface area contributed by atoms with Crippen LogP contribution in [0.1, 0.15) is 25.0 Å². The predicted octanol–water partition coefficient (Wildman–Crippen LogP) is 14.7. The molecule has 0 amide bonds. The van der Waals surface area contributed by atoms with E-state index in [1.807, 2.05) is 18.2 Å². The van der Waals surface area contributed by atoms with Gasteiger partial charge in [-0.3, -0.25) is 0 Å². The van der Waals surface area contributed by atoms with Gasteiger partial charge in [0.1, 0.15) is 11.2 Å². The van der Waals surface area contributed by atoms with Crippen LogP contribution in [-0.4, -0.2) is 15.0 Å². The summed E-state index contributed by atoms with van der Waals surface area (Å²) in [4.78, 5) is 15.5. The van der Waals surface area contributed by atoms with Crippen molar-refractivity contribution in [3.05, 3.63) is 199 Å². The predicted molar refractivity (Wildman–Crippen MR) is 247 cm³/mol. The second-order valence-corrected chi connectivity index (χ2v) is 16.3. The molecule has 0 radical (unpaired) electrons. The molecule has 2 heterocycles. The average Bonchev–Trinajstić information content (AvgIpc) is 3.80. The van der Waals surface area contributed by atoms with Crippen molar-refractivity contribution in [1.29, 1.82) is 0 Å². The van der Waals surface area contributed by atoms with Gasteiger partial charge >= 0.3 is 0 Å². The molecule has 60 heavy (non-hydrogen) atoms. The molecule has 2 aromatic heterocycles. The van der Waals surface area contributed by atoms with Crippen molar-refractivity contribution in [3.8, 4) is 67.5 Å². The number of aromatic nitrogens is 3. The second-order valence-electron chi connectivity index (χ2n) is 16.3. The highest BCUT2D eigenvalue weighted by Gasteiger charge is 2.37. The van der Waals surface area contributed by atoms with Crippen LogP contribution < -0.4 is 0 Å². The lowest BCUT2D eigenvalue weighted by Gasteiger charge is -2.21. The highest BCUT2D eigenvalue weighted by atomic mass is 16.3. The maximum absolute atomic E-state index is 6.51. The molecule has 0 fully saturated rings. The lowest BCUT2D eigenvalue weighted by molar-refractivity contribution is 0.660. The molecule has 0 atom stereocenters. The minimum absolute atomic E-state index is 0.133. The third kappa shape index (κ3) is 5.27. The SMILES string of the molecule is CC1(C)c2ccccc2-c2c(-c3nc(-c4ccccc4)nc(-c4ccc(-c5cccc6oc7ccc(-c8cc9ccccc9c9ccccc89)cc7c56)cc4)n3)cccc21. The Labute approximate surface area is 347 Å². The molecule has 1 aliphatic carbocycles. The van der Waals surface area contributed by atoms with Crippen molar-refractivity contribution in [3.63, 3.8) is 0 Å². The highest BCUT2D eigenvalue weighted by molar-refractivity contribution is 6.16.